The molecule has 0 spiro atoms. The SMILES string of the molecule is CCSc1cc(N)n(Cc2ccc(F)cc2)n1. The van der Waals surface area contributed by atoms with Crippen LogP contribution in [0.5, 0.6) is 0 Å². The highest BCUT2D eigenvalue weighted by Crippen LogP contribution is 2.19. The van der Waals surface area contributed by atoms with Crippen LogP contribution in [0.3, 0.4) is 0 Å². The maximum Gasteiger partial charge on any atom is 0.123 e. The van der Waals surface area contributed by atoms with Crippen molar-refractivity contribution in [2.75, 3.05) is 11.5 Å². The highest BCUT2D eigenvalue weighted by molar-refractivity contribution is 7.99. The topological polar surface area (TPSA) is 43.8 Å². The number of halogens is 1. The average molecular weight is 251 g/mol. The normalized spacial score (nSPS) is 10.7. The molecule has 0 amide bonds. The molecule has 0 aliphatic carbocycles. The summed E-state index contributed by atoms with van der Waals surface area (Å²) in [4.78, 5) is 0. The number of anilines is 1. The maximum atomic E-state index is 12.8. The molecule has 0 saturated carbocycles. The van der Waals surface area contributed by atoms with Crippen LogP contribution in [-0.2, 0) is 6.54 Å². The van der Waals surface area contributed by atoms with Crippen LogP contribution in [0.25, 0.3) is 0 Å². The van der Waals surface area contributed by atoms with E-state index in [1.165, 1.54) is 12.1 Å². The lowest BCUT2D eigenvalue weighted by molar-refractivity contribution is 0.624. The number of nitrogens with two attached hydrogens (primary N) is 1. The minimum atomic E-state index is -0.232. The van der Waals surface area contributed by atoms with Crippen LogP contribution in [0.15, 0.2) is 35.4 Å². The summed E-state index contributed by atoms with van der Waals surface area (Å²) in [6.07, 6.45) is 0. The van der Waals surface area contributed by atoms with Crippen molar-refractivity contribution in [2.24, 2.45) is 0 Å². The van der Waals surface area contributed by atoms with E-state index in [-0.39, 0.29) is 5.82 Å². The molecule has 17 heavy (non-hydrogen) atoms. The number of nitrogen functional groups attached to an aromatic ring is 1. The summed E-state index contributed by atoms with van der Waals surface area (Å²) in [5, 5.41) is 5.30. The van der Waals surface area contributed by atoms with E-state index >= 15 is 0 Å². The standard InChI is InChI=1S/C12H14FN3S/c1-2-17-12-7-11(14)16(15-12)8-9-3-5-10(13)6-4-9/h3-7H,2,8,14H2,1H3. The van der Waals surface area contributed by atoms with Crippen molar-refractivity contribution >= 4 is 17.6 Å². The molecule has 90 valence electrons. The minimum absolute atomic E-state index is 0.232. The van der Waals surface area contributed by atoms with Gasteiger partial charge in [0.1, 0.15) is 16.7 Å². The Bertz CT molecular complexity index is 493. The molecule has 5 heteroatoms. The van der Waals surface area contributed by atoms with Gasteiger partial charge in [0.2, 0.25) is 0 Å². The lowest BCUT2D eigenvalue weighted by Gasteiger charge is -2.03. The number of hydrogen-bond donors (Lipinski definition) is 1. The fraction of sp³-hybridized carbons (Fsp3) is 0.250. The van der Waals surface area contributed by atoms with Crippen LogP contribution in [0.1, 0.15) is 12.5 Å². The average Bonchev–Trinajstić information content (AvgIpc) is 2.63. The lowest BCUT2D eigenvalue weighted by Crippen LogP contribution is -2.05. The number of thioether (sulfide) groups is 1. The van der Waals surface area contributed by atoms with E-state index in [1.807, 2.05) is 6.07 Å². The smallest absolute Gasteiger partial charge is 0.123 e. The molecule has 2 rings (SSSR count). The summed E-state index contributed by atoms with van der Waals surface area (Å²) in [6, 6.07) is 8.22. The molecule has 1 heterocycles. The summed E-state index contributed by atoms with van der Waals surface area (Å²) in [5.41, 5.74) is 6.84. The van der Waals surface area contributed by atoms with Crippen molar-refractivity contribution in [3.05, 3.63) is 41.7 Å². The molecule has 0 aliphatic heterocycles. The van der Waals surface area contributed by atoms with Crippen molar-refractivity contribution < 1.29 is 4.39 Å². The molecule has 0 bridgehead atoms. The first-order valence-corrected chi connectivity index (χ1v) is 6.38. The van der Waals surface area contributed by atoms with Gasteiger partial charge in [0.15, 0.2) is 0 Å². The summed E-state index contributed by atoms with van der Waals surface area (Å²) < 4.78 is 14.5. The van der Waals surface area contributed by atoms with Gasteiger partial charge in [-0.15, -0.1) is 11.8 Å². The van der Waals surface area contributed by atoms with Crippen molar-refractivity contribution in [3.63, 3.8) is 0 Å². The summed E-state index contributed by atoms with van der Waals surface area (Å²) >= 11 is 1.65. The lowest BCUT2D eigenvalue weighted by atomic mass is 10.2. The summed E-state index contributed by atoms with van der Waals surface area (Å²) in [5.74, 6) is 1.36. The Morgan fingerprint density at radius 1 is 1.35 bits per heavy atom. The van der Waals surface area contributed by atoms with Crippen LogP contribution < -0.4 is 5.73 Å². The highest BCUT2D eigenvalue weighted by Gasteiger charge is 2.05. The van der Waals surface area contributed by atoms with E-state index in [9.17, 15) is 4.39 Å². The maximum absolute atomic E-state index is 12.8. The predicted octanol–water partition coefficient (Wildman–Crippen LogP) is 2.76. The Labute approximate surface area is 104 Å². The van der Waals surface area contributed by atoms with E-state index < -0.39 is 0 Å². The van der Waals surface area contributed by atoms with Crippen LogP contribution in [0.2, 0.25) is 0 Å². The van der Waals surface area contributed by atoms with E-state index in [0.717, 1.165) is 16.3 Å². The number of benzene rings is 1. The van der Waals surface area contributed by atoms with Crippen LogP contribution in [-0.4, -0.2) is 15.5 Å². The van der Waals surface area contributed by atoms with E-state index in [4.69, 9.17) is 5.73 Å². The van der Waals surface area contributed by atoms with Gasteiger partial charge in [0, 0.05) is 6.07 Å². The monoisotopic (exact) mass is 251 g/mol. The molecule has 1 aromatic heterocycles. The third-order valence-corrected chi connectivity index (χ3v) is 3.11. The second kappa shape index (κ2) is 5.23. The van der Waals surface area contributed by atoms with Crippen LogP contribution in [0.4, 0.5) is 10.2 Å². The van der Waals surface area contributed by atoms with Gasteiger partial charge in [-0.25, -0.2) is 9.07 Å². The first-order valence-electron chi connectivity index (χ1n) is 5.39. The minimum Gasteiger partial charge on any atom is -0.384 e. The molecular weight excluding hydrogens is 237 g/mol. The molecule has 2 aromatic rings. The highest BCUT2D eigenvalue weighted by atomic mass is 32.2. The molecule has 1 aromatic carbocycles. The van der Waals surface area contributed by atoms with Crippen LogP contribution in [0, 0.1) is 5.82 Å². The Morgan fingerprint density at radius 2 is 2.06 bits per heavy atom. The van der Waals surface area contributed by atoms with Gasteiger partial charge in [0.05, 0.1) is 6.54 Å². The largest absolute Gasteiger partial charge is 0.384 e. The van der Waals surface area contributed by atoms with E-state index in [1.54, 1.807) is 28.6 Å². The first-order chi connectivity index (χ1) is 8.19. The Hall–Kier alpha value is -1.49. The van der Waals surface area contributed by atoms with Gasteiger partial charge in [-0.3, -0.25) is 0 Å². The van der Waals surface area contributed by atoms with Gasteiger partial charge >= 0.3 is 0 Å². The Kier molecular flexibility index (Phi) is 3.68. The third-order valence-electron chi connectivity index (χ3n) is 2.33. The number of hydrogen-bond acceptors (Lipinski definition) is 3. The fourth-order valence-corrected chi connectivity index (χ4v) is 2.17. The van der Waals surface area contributed by atoms with Crippen molar-refractivity contribution in [1.29, 1.82) is 0 Å². The molecule has 0 radical (unpaired) electrons. The van der Waals surface area contributed by atoms with Crippen molar-refractivity contribution in [2.45, 2.75) is 18.5 Å². The number of rotatable bonds is 4. The summed E-state index contributed by atoms with van der Waals surface area (Å²) in [7, 11) is 0. The van der Waals surface area contributed by atoms with Gasteiger partial charge in [0.25, 0.3) is 0 Å². The first kappa shape index (κ1) is 12.0. The van der Waals surface area contributed by atoms with Gasteiger partial charge in [-0.2, -0.15) is 5.10 Å². The molecule has 0 unspecified atom stereocenters. The predicted molar refractivity (Wildman–Crippen MR) is 68.5 cm³/mol. The molecule has 3 nitrogen and oxygen atoms in total. The van der Waals surface area contributed by atoms with Gasteiger partial charge in [-0.05, 0) is 23.4 Å². The second-order valence-electron chi connectivity index (χ2n) is 3.62. The molecule has 0 atom stereocenters. The quantitative estimate of drug-likeness (QED) is 0.850. The van der Waals surface area contributed by atoms with Gasteiger partial charge < -0.3 is 5.73 Å². The zero-order chi connectivity index (χ0) is 12.3. The van der Waals surface area contributed by atoms with Crippen molar-refractivity contribution in [1.82, 2.24) is 9.78 Å². The summed E-state index contributed by atoms with van der Waals surface area (Å²) in [6.45, 7) is 2.64. The molecule has 0 aliphatic rings. The number of aromatic nitrogens is 2. The van der Waals surface area contributed by atoms with Gasteiger partial charge in [-0.1, -0.05) is 19.1 Å². The Morgan fingerprint density at radius 3 is 2.71 bits per heavy atom. The third kappa shape index (κ3) is 3.00. The van der Waals surface area contributed by atoms with E-state index in [2.05, 4.69) is 12.0 Å². The number of nitrogens with zero attached hydrogens (tertiary/aromatic N) is 2. The van der Waals surface area contributed by atoms with E-state index in [0.29, 0.717) is 12.4 Å². The van der Waals surface area contributed by atoms with Crippen molar-refractivity contribution in [3.8, 4) is 0 Å². The fourth-order valence-electron chi connectivity index (χ4n) is 1.51. The van der Waals surface area contributed by atoms with Crippen LogP contribution >= 0.6 is 11.8 Å². The molecule has 0 saturated heterocycles. The Balaban J connectivity index is 2.15. The molecule has 2 N–H and O–H groups in total. The molecule has 0 fully saturated rings. The zero-order valence-corrected chi connectivity index (χ0v) is 10.4. The molecular formula is C12H14FN3S. The zero-order valence-electron chi connectivity index (χ0n) is 9.56. The second-order valence-corrected chi connectivity index (χ2v) is 4.91.